The van der Waals surface area contributed by atoms with Gasteiger partial charge in [-0.3, -0.25) is 28.8 Å². The molecule has 9 heteroatoms. The molecule has 0 aromatic heterocycles. The van der Waals surface area contributed by atoms with Crippen molar-refractivity contribution >= 4 is 35.3 Å². The zero-order valence-electron chi connectivity index (χ0n) is 64.1. The first-order chi connectivity index (χ1) is 45.0. The van der Waals surface area contributed by atoms with Gasteiger partial charge in [0, 0.05) is 49.9 Å². The SMILES string of the molecule is C1C2CC3CC1CC(C2)C3.C1CC2CC3CC1C2C3.C1CC2CCC1C2.CC.CC.CC.CC.CC.CC.CC.CC.CC.O=C1C2CC3CC(C2)CC1C3.O=C1CC2CCC1C2.O=C1CCCCC1.O=C1CCCCO1.O=C1CCCO1.O=C1OC2CCCC1C2. The molecule has 20 fully saturated rings. The molecule has 0 N–H and O–H groups in total. The second-order valence-corrected chi connectivity index (χ2v) is 28.1. The molecule has 16 bridgehead atoms. The van der Waals surface area contributed by atoms with E-state index < -0.39 is 0 Å². The summed E-state index contributed by atoms with van der Waals surface area (Å²) in [5.74, 6) is 17.9. The van der Waals surface area contributed by atoms with Crippen molar-refractivity contribution in [2.45, 2.75) is 381 Å². The summed E-state index contributed by atoms with van der Waals surface area (Å²) in [6.45, 7) is 37.3. The third-order valence-electron chi connectivity index (χ3n) is 22.5. The number of fused-ring (bicyclic) bond motifs is 7. The van der Waals surface area contributed by atoms with Gasteiger partial charge in [-0.2, -0.15) is 0 Å². The third kappa shape index (κ3) is 30.5. The lowest BCUT2D eigenvalue weighted by Crippen LogP contribution is -2.45. The molecule has 0 aromatic carbocycles. The van der Waals surface area contributed by atoms with Crippen molar-refractivity contribution in [3.63, 3.8) is 0 Å². The Kier molecular flexibility index (Phi) is 49.9. The number of Topliss-reactive ketones (excluding diaryl/α,β-unsaturated/α-hetero) is 3. The van der Waals surface area contributed by atoms with Crippen LogP contribution < -0.4 is 0 Å². The Morgan fingerprint density at radius 2 is 0.663 bits per heavy atom. The van der Waals surface area contributed by atoms with E-state index >= 15 is 0 Å². The van der Waals surface area contributed by atoms with E-state index in [0.717, 1.165) is 88.4 Å². The van der Waals surface area contributed by atoms with Gasteiger partial charge in [0.1, 0.15) is 23.5 Å². The van der Waals surface area contributed by atoms with Crippen LogP contribution in [0.25, 0.3) is 0 Å². The van der Waals surface area contributed by atoms with Crippen LogP contribution in [0.15, 0.2) is 0 Å². The van der Waals surface area contributed by atoms with E-state index in [0.29, 0.717) is 61.2 Å². The molecule has 92 heavy (non-hydrogen) atoms. The van der Waals surface area contributed by atoms with Crippen LogP contribution in [-0.4, -0.2) is 54.6 Å². The molecule has 0 amide bonds. The van der Waals surface area contributed by atoms with E-state index in [-0.39, 0.29) is 29.9 Å². The van der Waals surface area contributed by atoms with E-state index in [1.165, 1.54) is 123 Å². The largest absolute Gasteiger partial charge is 0.466 e. The lowest BCUT2D eigenvalue weighted by molar-refractivity contribution is -0.147. The minimum absolute atomic E-state index is 0.0359. The molecule has 20 rings (SSSR count). The van der Waals surface area contributed by atoms with E-state index in [1.54, 1.807) is 103 Å². The van der Waals surface area contributed by atoms with E-state index in [1.807, 2.05) is 125 Å². The smallest absolute Gasteiger partial charge is 0.309 e. The lowest BCUT2D eigenvalue weighted by Gasteiger charge is -2.49. The summed E-state index contributed by atoms with van der Waals surface area (Å²) < 4.78 is 14.2. The minimum Gasteiger partial charge on any atom is -0.466 e. The zero-order chi connectivity index (χ0) is 69.0. The summed E-state index contributed by atoms with van der Waals surface area (Å²) in [7, 11) is 0. The highest BCUT2D eigenvalue weighted by molar-refractivity contribution is 5.85. The van der Waals surface area contributed by atoms with Gasteiger partial charge in [-0.05, 0) is 263 Å². The number of carbonyl (C=O) groups excluding carboxylic acids is 6. The maximum atomic E-state index is 11.6. The molecule has 9 nitrogen and oxygen atoms in total. The number of carbonyl (C=O) groups is 6. The Morgan fingerprint density at radius 3 is 0.924 bits per heavy atom. The van der Waals surface area contributed by atoms with Crippen molar-refractivity contribution in [1.82, 2.24) is 0 Å². The van der Waals surface area contributed by atoms with Crippen LogP contribution in [-0.2, 0) is 43.0 Å². The summed E-state index contributed by atoms with van der Waals surface area (Å²) in [6.07, 6.45) is 50.6. The van der Waals surface area contributed by atoms with E-state index in [2.05, 4.69) is 9.47 Å². The number of cyclic esters (lactones) is 2. The molecule has 540 valence electrons. The quantitative estimate of drug-likeness (QED) is 0.172. The van der Waals surface area contributed by atoms with Crippen LogP contribution >= 0.6 is 0 Å². The Bertz CT molecular complexity index is 1740. The van der Waals surface area contributed by atoms with E-state index in [9.17, 15) is 28.8 Å². The van der Waals surface area contributed by atoms with Crippen molar-refractivity contribution in [3.05, 3.63) is 0 Å². The van der Waals surface area contributed by atoms with Crippen LogP contribution in [0.3, 0.4) is 0 Å². The predicted octanol–water partition coefficient (Wildman–Crippen LogP) is 23.8. The molecule has 17 saturated carbocycles. The maximum absolute atomic E-state index is 11.6. The van der Waals surface area contributed by atoms with Crippen molar-refractivity contribution < 1.29 is 43.0 Å². The molecule has 3 saturated heterocycles. The van der Waals surface area contributed by atoms with Gasteiger partial charge in [0.25, 0.3) is 0 Å². The fourth-order valence-electron chi connectivity index (χ4n) is 19.3. The predicted molar refractivity (Wildman–Crippen MR) is 388 cm³/mol. The highest BCUT2D eigenvalue weighted by Crippen LogP contribution is 2.60. The molecule has 0 radical (unpaired) electrons. The molecule has 6 atom stereocenters. The van der Waals surface area contributed by atoms with Gasteiger partial charge in [-0.25, -0.2) is 0 Å². The van der Waals surface area contributed by atoms with Crippen molar-refractivity contribution in [2.24, 2.45) is 101 Å². The van der Waals surface area contributed by atoms with Crippen LogP contribution in [0.4, 0.5) is 0 Å². The molecule has 6 unspecified atom stereocenters. The Balaban J connectivity index is 0.000000504. The Morgan fingerprint density at radius 1 is 0.283 bits per heavy atom. The van der Waals surface area contributed by atoms with E-state index in [4.69, 9.17) is 4.74 Å². The second-order valence-electron chi connectivity index (χ2n) is 28.1. The van der Waals surface area contributed by atoms with Gasteiger partial charge < -0.3 is 14.2 Å². The molecular weight excluding hydrogens is 1140 g/mol. The van der Waals surface area contributed by atoms with Gasteiger partial charge in [-0.1, -0.05) is 157 Å². The zero-order valence-corrected chi connectivity index (χ0v) is 64.1. The monoisotopic (exact) mass is 1300 g/mol. The summed E-state index contributed by atoms with van der Waals surface area (Å²) in [5, 5.41) is 0. The highest BCUT2D eigenvalue weighted by atomic mass is 16.6. The first-order valence-corrected chi connectivity index (χ1v) is 41.1. The van der Waals surface area contributed by atoms with Gasteiger partial charge in [-0.15, -0.1) is 0 Å². The number of esters is 3. The number of hydrogen-bond acceptors (Lipinski definition) is 9. The molecule has 3 aliphatic heterocycles. The summed E-state index contributed by atoms with van der Waals surface area (Å²) in [6, 6.07) is 0. The first kappa shape index (κ1) is 87.4. The Labute approximate surface area is 570 Å². The first-order valence-electron chi connectivity index (χ1n) is 41.1. The Hall–Kier alpha value is -2.58. The van der Waals surface area contributed by atoms with Crippen molar-refractivity contribution in [2.75, 3.05) is 13.2 Å². The normalized spacial score (nSPS) is 35.4. The molecule has 3 heterocycles. The number of ether oxygens (including phenoxy) is 3. The van der Waals surface area contributed by atoms with Crippen LogP contribution in [0.1, 0.15) is 375 Å². The van der Waals surface area contributed by atoms with Crippen LogP contribution in [0.2, 0.25) is 0 Å². The molecule has 0 spiro atoms. The topological polar surface area (TPSA) is 130 Å². The molecule has 17 aliphatic carbocycles. The fourth-order valence-corrected chi connectivity index (χ4v) is 19.3. The second kappa shape index (κ2) is 52.5. The number of hydrogen-bond donors (Lipinski definition) is 0. The number of rotatable bonds is 0. The molecule has 20 aliphatic rings. The average molecular weight is 1300 g/mol. The minimum atomic E-state index is -0.0463. The van der Waals surface area contributed by atoms with Gasteiger partial charge in [0.15, 0.2) is 0 Å². The number of ketones is 3. The highest BCUT2D eigenvalue weighted by Gasteiger charge is 2.50. The van der Waals surface area contributed by atoms with Crippen molar-refractivity contribution in [1.29, 1.82) is 0 Å². The summed E-state index contributed by atoms with van der Waals surface area (Å²) >= 11 is 0. The van der Waals surface area contributed by atoms with Gasteiger partial charge >= 0.3 is 17.9 Å². The standard InChI is InChI=1S/C10H14O.C10H16.C9H14.C7H10O2.C7H10O.C7H12.C6H10O.C5H8O2.C4H6O2.9C2H6/c11-10-8-2-6-1-7(4-8)5-9(10)3-6;1-7-2-9-4-8(1)5-10(3-7)6-9;1-2-8-4-6-3-7(1)9(8)5-6;8-7-5-2-1-3-6(4-5)9-7;8-7-4-5-1-2-6(7)3-5;1-2-7-4-3-6(1)5-7;7-6-4-2-1-3-5-6;6-5-3-1-2-4-7-5;5-4-2-1-3-6-4;9*1-2/h6-9H,1-5H2;7-10H,1-6H2;6-9H,1-5H2;5-6H,1-4H2;5-6H,1-4H2;6-7H,1-5H2;1-5H2;1-4H2;1-3H2;9*1-2H3. The summed E-state index contributed by atoms with van der Waals surface area (Å²) in [4.78, 5) is 64.0. The van der Waals surface area contributed by atoms with Crippen LogP contribution in [0.5, 0.6) is 0 Å². The van der Waals surface area contributed by atoms with Crippen LogP contribution in [0, 0.1) is 101 Å². The third-order valence-corrected chi connectivity index (χ3v) is 22.5. The average Bonchev–Trinajstić information content (AvgIpc) is 1.30. The lowest BCUT2D eigenvalue weighted by atomic mass is 9.56. The molecule has 0 aromatic rings. The van der Waals surface area contributed by atoms with Crippen molar-refractivity contribution in [3.8, 4) is 0 Å². The summed E-state index contributed by atoms with van der Waals surface area (Å²) in [5.41, 5.74) is 0. The fraction of sp³-hybridized carbons (Fsp3) is 0.928. The molecular formula is C83H154O9. The van der Waals surface area contributed by atoms with Gasteiger partial charge in [0.2, 0.25) is 0 Å². The maximum Gasteiger partial charge on any atom is 0.309 e. The van der Waals surface area contributed by atoms with Gasteiger partial charge in [0.05, 0.1) is 19.1 Å².